The molecule has 0 aromatic carbocycles. The van der Waals surface area contributed by atoms with Crippen molar-refractivity contribution in [2.45, 2.75) is 32.0 Å². The van der Waals surface area contributed by atoms with Crippen LogP contribution in [0.25, 0.3) is 0 Å². The molecular weight excluding hydrogens is 182 g/mol. The van der Waals surface area contributed by atoms with Gasteiger partial charge in [-0.1, -0.05) is 5.92 Å². The Balaban J connectivity index is 2.75. The van der Waals surface area contributed by atoms with Crippen LogP contribution >= 0.6 is 0 Å². The van der Waals surface area contributed by atoms with Crippen LogP contribution in [0.15, 0.2) is 11.1 Å². The molecule has 76 valence electrons. The second-order valence-electron chi connectivity index (χ2n) is 3.32. The predicted molar refractivity (Wildman–Crippen MR) is 51.2 cm³/mol. The van der Waals surface area contributed by atoms with E-state index in [1.807, 2.05) is 0 Å². The Morgan fingerprint density at radius 1 is 1.79 bits per heavy atom. The average molecular weight is 195 g/mol. The number of hydrogen-bond donors (Lipinski definition) is 2. The third-order valence-corrected chi connectivity index (χ3v) is 2.35. The summed E-state index contributed by atoms with van der Waals surface area (Å²) in [5.41, 5.74) is 6.34. The van der Waals surface area contributed by atoms with E-state index >= 15 is 0 Å². The second-order valence-corrected chi connectivity index (χ2v) is 3.32. The van der Waals surface area contributed by atoms with Gasteiger partial charge in [0.15, 0.2) is 0 Å². The van der Waals surface area contributed by atoms with Gasteiger partial charge in [-0.3, -0.25) is 0 Å². The van der Waals surface area contributed by atoms with Gasteiger partial charge in [0.05, 0.1) is 6.10 Å². The van der Waals surface area contributed by atoms with Gasteiger partial charge in [0.2, 0.25) is 0 Å². The molecule has 0 fully saturated rings. The molecule has 1 amide bonds. The van der Waals surface area contributed by atoms with Gasteiger partial charge in [0.1, 0.15) is 6.10 Å². The van der Waals surface area contributed by atoms with Crippen molar-refractivity contribution >= 4 is 6.09 Å². The molecule has 0 saturated carbocycles. The highest BCUT2D eigenvalue weighted by Crippen LogP contribution is 2.26. The second kappa shape index (κ2) is 4.16. The van der Waals surface area contributed by atoms with Crippen molar-refractivity contribution in [2.24, 2.45) is 5.73 Å². The van der Waals surface area contributed by atoms with Crippen LogP contribution in [0.2, 0.25) is 0 Å². The number of ether oxygens (including phenoxy) is 1. The number of primary amides is 1. The van der Waals surface area contributed by atoms with Crippen LogP contribution in [0.5, 0.6) is 0 Å². The number of nitrogens with two attached hydrogens (primary N) is 1. The lowest BCUT2D eigenvalue weighted by molar-refractivity contribution is 0.0627. The molecule has 0 spiro atoms. The smallest absolute Gasteiger partial charge is 0.404 e. The Morgan fingerprint density at radius 2 is 2.43 bits per heavy atom. The van der Waals surface area contributed by atoms with Gasteiger partial charge in [-0.2, -0.15) is 0 Å². The molecule has 2 atom stereocenters. The standard InChI is InChI=1S/C10H13NO3/c1-3-7-4-8(14-10(11)13)5-9(12)6(7)2/h1,8-9,12H,4-5H2,2H3,(H2,11,13)/t8-,9-/m1/s1. The fraction of sp³-hybridized carbons (Fsp3) is 0.500. The van der Waals surface area contributed by atoms with Gasteiger partial charge < -0.3 is 15.6 Å². The summed E-state index contributed by atoms with van der Waals surface area (Å²) in [5, 5.41) is 9.58. The number of amides is 1. The van der Waals surface area contributed by atoms with Crippen molar-refractivity contribution in [2.75, 3.05) is 0 Å². The minimum absolute atomic E-state index is 0.361. The summed E-state index contributed by atoms with van der Waals surface area (Å²) in [6.07, 6.45) is 4.20. The maximum atomic E-state index is 10.5. The Kier molecular flexibility index (Phi) is 3.15. The number of carbonyl (C=O) groups is 1. The van der Waals surface area contributed by atoms with E-state index in [2.05, 4.69) is 5.92 Å². The summed E-state index contributed by atoms with van der Waals surface area (Å²) in [5.74, 6) is 2.47. The fourth-order valence-electron chi connectivity index (χ4n) is 1.53. The first kappa shape index (κ1) is 10.6. The van der Waals surface area contributed by atoms with Crippen LogP contribution in [0.3, 0.4) is 0 Å². The third kappa shape index (κ3) is 2.27. The Bertz CT molecular complexity index is 314. The molecule has 0 aromatic rings. The van der Waals surface area contributed by atoms with Crippen molar-refractivity contribution in [3.63, 3.8) is 0 Å². The van der Waals surface area contributed by atoms with E-state index in [1.54, 1.807) is 6.92 Å². The van der Waals surface area contributed by atoms with Crippen LogP contribution in [-0.4, -0.2) is 23.4 Å². The summed E-state index contributed by atoms with van der Waals surface area (Å²) in [6.45, 7) is 1.78. The highest BCUT2D eigenvalue weighted by atomic mass is 16.6. The average Bonchev–Trinajstić information content (AvgIpc) is 2.10. The summed E-state index contributed by atoms with van der Waals surface area (Å²) < 4.78 is 4.79. The number of carbonyl (C=O) groups excluding carboxylic acids is 1. The summed E-state index contributed by atoms with van der Waals surface area (Å²) in [7, 11) is 0. The molecule has 1 aliphatic rings. The van der Waals surface area contributed by atoms with E-state index in [0.717, 1.165) is 5.57 Å². The molecule has 0 aromatic heterocycles. The van der Waals surface area contributed by atoms with E-state index < -0.39 is 18.3 Å². The third-order valence-electron chi connectivity index (χ3n) is 2.35. The van der Waals surface area contributed by atoms with Crippen LogP contribution in [0, 0.1) is 12.3 Å². The zero-order chi connectivity index (χ0) is 10.7. The molecular formula is C10H13NO3. The summed E-state index contributed by atoms with van der Waals surface area (Å²) in [6, 6.07) is 0. The molecule has 4 nitrogen and oxygen atoms in total. The predicted octanol–water partition coefficient (Wildman–Crippen LogP) is 0.555. The molecule has 0 radical (unpaired) electrons. The lowest BCUT2D eigenvalue weighted by Crippen LogP contribution is -2.31. The molecule has 3 N–H and O–H groups in total. The van der Waals surface area contributed by atoms with Crippen molar-refractivity contribution in [3.8, 4) is 12.3 Å². The first-order chi connectivity index (χ1) is 6.54. The topological polar surface area (TPSA) is 72.6 Å². The lowest BCUT2D eigenvalue weighted by Gasteiger charge is -2.26. The first-order valence-electron chi connectivity index (χ1n) is 4.35. The fourth-order valence-corrected chi connectivity index (χ4v) is 1.53. The van der Waals surface area contributed by atoms with Gasteiger partial charge >= 0.3 is 6.09 Å². The van der Waals surface area contributed by atoms with E-state index in [4.69, 9.17) is 16.9 Å². The monoisotopic (exact) mass is 195 g/mol. The minimum Gasteiger partial charge on any atom is -0.446 e. The maximum Gasteiger partial charge on any atom is 0.404 e. The molecule has 14 heavy (non-hydrogen) atoms. The molecule has 1 rings (SSSR count). The van der Waals surface area contributed by atoms with Crippen LogP contribution in [0.1, 0.15) is 19.8 Å². The molecule has 0 bridgehead atoms. The summed E-state index contributed by atoms with van der Waals surface area (Å²) in [4.78, 5) is 10.5. The largest absolute Gasteiger partial charge is 0.446 e. The molecule has 0 heterocycles. The van der Waals surface area contributed by atoms with Crippen LogP contribution < -0.4 is 5.73 Å². The Labute approximate surface area is 82.7 Å². The number of hydrogen-bond acceptors (Lipinski definition) is 3. The maximum absolute atomic E-state index is 10.5. The molecule has 1 aliphatic carbocycles. The van der Waals surface area contributed by atoms with Gasteiger partial charge in [0.25, 0.3) is 0 Å². The minimum atomic E-state index is -0.835. The van der Waals surface area contributed by atoms with Gasteiger partial charge in [0, 0.05) is 18.4 Å². The Hall–Kier alpha value is -1.47. The van der Waals surface area contributed by atoms with Crippen molar-refractivity contribution in [3.05, 3.63) is 11.1 Å². The van der Waals surface area contributed by atoms with Gasteiger partial charge in [-0.25, -0.2) is 4.79 Å². The van der Waals surface area contributed by atoms with E-state index in [0.29, 0.717) is 18.4 Å². The quantitative estimate of drug-likeness (QED) is 0.600. The normalized spacial score (nSPS) is 26.9. The number of aliphatic hydroxyl groups is 1. The molecule has 0 saturated heterocycles. The highest BCUT2D eigenvalue weighted by Gasteiger charge is 2.26. The van der Waals surface area contributed by atoms with Crippen molar-refractivity contribution in [1.82, 2.24) is 0 Å². The van der Waals surface area contributed by atoms with Crippen LogP contribution in [0.4, 0.5) is 4.79 Å². The zero-order valence-corrected chi connectivity index (χ0v) is 7.99. The van der Waals surface area contributed by atoms with Crippen LogP contribution in [-0.2, 0) is 4.74 Å². The number of aliphatic hydroxyl groups excluding tert-OH is 1. The highest BCUT2D eigenvalue weighted by molar-refractivity contribution is 5.65. The van der Waals surface area contributed by atoms with E-state index in [1.165, 1.54) is 0 Å². The van der Waals surface area contributed by atoms with Crippen molar-refractivity contribution < 1.29 is 14.6 Å². The van der Waals surface area contributed by atoms with E-state index in [-0.39, 0.29) is 0 Å². The van der Waals surface area contributed by atoms with Gasteiger partial charge in [-0.15, -0.1) is 6.42 Å². The zero-order valence-electron chi connectivity index (χ0n) is 7.99. The summed E-state index contributed by atoms with van der Waals surface area (Å²) >= 11 is 0. The van der Waals surface area contributed by atoms with Crippen molar-refractivity contribution in [1.29, 1.82) is 0 Å². The first-order valence-corrected chi connectivity index (χ1v) is 4.35. The number of rotatable bonds is 1. The molecule has 0 aliphatic heterocycles. The Morgan fingerprint density at radius 3 is 2.93 bits per heavy atom. The molecule has 0 unspecified atom stereocenters. The van der Waals surface area contributed by atoms with Gasteiger partial charge in [-0.05, 0) is 12.5 Å². The number of terminal acetylenes is 1. The molecule has 4 heteroatoms. The SMILES string of the molecule is C#CC1=C(C)[C@H](O)C[C@H](OC(N)=O)C1. The van der Waals surface area contributed by atoms with E-state index in [9.17, 15) is 9.90 Å². The lowest BCUT2D eigenvalue weighted by atomic mass is 9.89.